The zero-order valence-electron chi connectivity index (χ0n) is 8.85. The van der Waals surface area contributed by atoms with E-state index in [1.54, 1.807) is 18.2 Å². The number of hydrogen-bond acceptors (Lipinski definition) is 1. The minimum absolute atomic E-state index is 0.0430. The Labute approximate surface area is 102 Å². The van der Waals surface area contributed by atoms with Gasteiger partial charge in [-0.25, -0.2) is 8.78 Å². The van der Waals surface area contributed by atoms with Crippen molar-refractivity contribution in [1.82, 2.24) is 0 Å². The molecule has 4 heteroatoms. The summed E-state index contributed by atoms with van der Waals surface area (Å²) in [5, 5.41) is 0. The van der Waals surface area contributed by atoms with Crippen molar-refractivity contribution in [2.24, 2.45) is 11.1 Å². The summed E-state index contributed by atoms with van der Waals surface area (Å²) in [6.07, 6.45) is 1.87. The summed E-state index contributed by atoms with van der Waals surface area (Å²) >= 11 is 3.19. The molecule has 16 heavy (non-hydrogen) atoms. The zero-order chi connectivity index (χ0) is 11.8. The number of alkyl halides is 2. The molecule has 1 saturated carbocycles. The first-order chi connectivity index (χ1) is 7.53. The predicted molar refractivity (Wildman–Crippen MR) is 63.4 cm³/mol. The molecular formula is C12H14BrF2N. The molecule has 2 N–H and O–H groups in total. The third-order valence-corrected chi connectivity index (χ3v) is 4.27. The fourth-order valence-electron chi connectivity index (χ4n) is 2.25. The van der Waals surface area contributed by atoms with Crippen molar-refractivity contribution >= 4 is 15.9 Å². The van der Waals surface area contributed by atoms with Crippen molar-refractivity contribution in [1.29, 1.82) is 0 Å². The number of benzene rings is 1. The first kappa shape index (κ1) is 12.0. The van der Waals surface area contributed by atoms with Crippen molar-refractivity contribution < 1.29 is 8.78 Å². The van der Waals surface area contributed by atoms with E-state index in [-0.39, 0.29) is 12.1 Å². The first-order valence-electron chi connectivity index (χ1n) is 5.36. The van der Waals surface area contributed by atoms with Gasteiger partial charge in [0.15, 0.2) is 0 Å². The van der Waals surface area contributed by atoms with Crippen LogP contribution in [-0.4, -0.2) is 6.54 Å². The van der Waals surface area contributed by atoms with Crippen molar-refractivity contribution in [2.45, 2.75) is 25.2 Å². The molecule has 0 bridgehead atoms. The fourth-order valence-corrected chi connectivity index (χ4v) is 2.79. The predicted octanol–water partition coefficient (Wildman–Crippen LogP) is 3.67. The second-order valence-corrected chi connectivity index (χ2v) is 5.25. The van der Waals surface area contributed by atoms with Crippen LogP contribution in [0.5, 0.6) is 0 Å². The third kappa shape index (κ3) is 1.59. The molecule has 0 saturated heterocycles. The molecule has 1 nitrogen and oxygen atoms in total. The third-order valence-electron chi connectivity index (χ3n) is 3.58. The summed E-state index contributed by atoms with van der Waals surface area (Å²) < 4.78 is 29.3. The molecule has 88 valence electrons. The molecule has 1 aliphatic rings. The number of halogens is 3. The quantitative estimate of drug-likeness (QED) is 0.903. The zero-order valence-corrected chi connectivity index (χ0v) is 10.4. The summed E-state index contributed by atoms with van der Waals surface area (Å²) in [5.41, 5.74) is 4.57. The van der Waals surface area contributed by atoms with E-state index in [0.29, 0.717) is 17.3 Å². The Balaban J connectivity index is 2.42. The maximum atomic E-state index is 14.4. The van der Waals surface area contributed by atoms with Crippen molar-refractivity contribution in [3.63, 3.8) is 0 Å². The molecule has 0 radical (unpaired) electrons. The standard InChI is InChI=1S/C12H14BrF2N/c13-10-5-2-1-4-9(10)12(14,15)11(8-16)6-3-7-11/h1-2,4-5H,3,6-8,16H2. The normalized spacial score (nSPS) is 19.2. The van der Waals surface area contributed by atoms with Crippen LogP contribution in [0.15, 0.2) is 28.7 Å². The summed E-state index contributed by atoms with van der Waals surface area (Å²) in [6, 6.07) is 6.49. The molecule has 0 aliphatic heterocycles. The van der Waals surface area contributed by atoms with E-state index in [2.05, 4.69) is 15.9 Å². The van der Waals surface area contributed by atoms with Gasteiger partial charge in [0.1, 0.15) is 0 Å². The van der Waals surface area contributed by atoms with Crippen LogP contribution in [-0.2, 0) is 5.92 Å². The van der Waals surface area contributed by atoms with Gasteiger partial charge in [0, 0.05) is 16.6 Å². The number of nitrogens with two attached hydrogens (primary N) is 1. The number of rotatable bonds is 3. The molecular weight excluding hydrogens is 276 g/mol. The van der Waals surface area contributed by atoms with Crippen LogP contribution in [0.3, 0.4) is 0 Å². The maximum absolute atomic E-state index is 14.4. The minimum Gasteiger partial charge on any atom is -0.330 e. The highest BCUT2D eigenvalue weighted by Crippen LogP contribution is 2.57. The average molecular weight is 290 g/mol. The maximum Gasteiger partial charge on any atom is 0.281 e. The van der Waals surface area contributed by atoms with Gasteiger partial charge in [0.2, 0.25) is 0 Å². The Hall–Kier alpha value is -0.480. The van der Waals surface area contributed by atoms with Crippen LogP contribution in [0.25, 0.3) is 0 Å². The topological polar surface area (TPSA) is 26.0 Å². The summed E-state index contributed by atoms with van der Waals surface area (Å²) in [5.74, 6) is -2.85. The van der Waals surface area contributed by atoms with E-state index < -0.39 is 11.3 Å². The Bertz CT molecular complexity index is 383. The molecule has 0 atom stereocenters. The molecule has 1 aliphatic carbocycles. The Morgan fingerprint density at radius 3 is 2.38 bits per heavy atom. The molecule has 1 aromatic carbocycles. The Kier molecular flexibility index (Phi) is 3.05. The average Bonchev–Trinajstić information content (AvgIpc) is 2.16. The monoisotopic (exact) mass is 289 g/mol. The van der Waals surface area contributed by atoms with E-state index in [4.69, 9.17) is 5.73 Å². The summed E-state index contributed by atoms with van der Waals surface area (Å²) in [4.78, 5) is 0. The van der Waals surface area contributed by atoms with Crippen LogP contribution in [0.2, 0.25) is 0 Å². The van der Waals surface area contributed by atoms with Gasteiger partial charge in [0.25, 0.3) is 5.92 Å². The molecule has 0 spiro atoms. The van der Waals surface area contributed by atoms with Gasteiger partial charge in [-0.3, -0.25) is 0 Å². The van der Waals surface area contributed by atoms with E-state index in [0.717, 1.165) is 6.42 Å². The van der Waals surface area contributed by atoms with E-state index >= 15 is 0 Å². The van der Waals surface area contributed by atoms with Gasteiger partial charge in [0.05, 0.1) is 5.41 Å². The van der Waals surface area contributed by atoms with E-state index in [1.807, 2.05) is 0 Å². The second kappa shape index (κ2) is 4.08. The lowest BCUT2D eigenvalue weighted by Gasteiger charge is -2.46. The lowest BCUT2D eigenvalue weighted by atomic mass is 9.63. The van der Waals surface area contributed by atoms with Gasteiger partial charge >= 0.3 is 0 Å². The Morgan fingerprint density at radius 2 is 1.94 bits per heavy atom. The van der Waals surface area contributed by atoms with Crippen LogP contribution in [0.1, 0.15) is 24.8 Å². The lowest BCUT2D eigenvalue weighted by Crippen LogP contribution is -2.50. The largest absolute Gasteiger partial charge is 0.330 e. The van der Waals surface area contributed by atoms with E-state index in [9.17, 15) is 8.78 Å². The second-order valence-electron chi connectivity index (χ2n) is 4.39. The molecule has 2 rings (SSSR count). The Morgan fingerprint density at radius 1 is 1.31 bits per heavy atom. The minimum atomic E-state index is -2.85. The van der Waals surface area contributed by atoms with Gasteiger partial charge < -0.3 is 5.73 Å². The fraction of sp³-hybridized carbons (Fsp3) is 0.500. The molecule has 0 amide bonds. The SMILES string of the molecule is NCC1(C(F)(F)c2ccccc2Br)CCC1. The highest BCUT2D eigenvalue weighted by atomic mass is 79.9. The smallest absolute Gasteiger partial charge is 0.281 e. The van der Waals surface area contributed by atoms with Crippen LogP contribution >= 0.6 is 15.9 Å². The van der Waals surface area contributed by atoms with Gasteiger partial charge in [-0.15, -0.1) is 0 Å². The van der Waals surface area contributed by atoms with Gasteiger partial charge in [-0.1, -0.05) is 40.5 Å². The van der Waals surface area contributed by atoms with Crippen molar-refractivity contribution in [3.8, 4) is 0 Å². The van der Waals surface area contributed by atoms with Crippen LogP contribution in [0, 0.1) is 5.41 Å². The highest BCUT2D eigenvalue weighted by Gasteiger charge is 2.57. The van der Waals surface area contributed by atoms with Crippen LogP contribution in [0.4, 0.5) is 8.78 Å². The van der Waals surface area contributed by atoms with Crippen molar-refractivity contribution in [2.75, 3.05) is 6.54 Å². The lowest BCUT2D eigenvalue weighted by molar-refractivity contribution is -0.164. The van der Waals surface area contributed by atoms with Gasteiger partial charge in [-0.2, -0.15) is 0 Å². The first-order valence-corrected chi connectivity index (χ1v) is 6.16. The highest BCUT2D eigenvalue weighted by molar-refractivity contribution is 9.10. The van der Waals surface area contributed by atoms with Crippen LogP contribution < -0.4 is 5.73 Å². The van der Waals surface area contributed by atoms with Gasteiger partial charge in [-0.05, 0) is 18.9 Å². The summed E-state index contributed by atoms with van der Waals surface area (Å²) in [7, 11) is 0. The summed E-state index contributed by atoms with van der Waals surface area (Å²) in [6.45, 7) is 0.0430. The number of hydrogen-bond donors (Lipinski definition) is 1. The van der Waals surface area contributed by atoms with Crippen molar-refractivity contribution in [3.05, 3.63) is 34.3 Å². The molecule has 1 aromatic rings. The molecule has 0 unspecified atom stereocenters. The van der Waals surface area contributed by atoms with E-state index in [1.165, 1.54) is 6.07 Å². The molecule has 0 heterocycles. The molecule has 1 fully saturated rings. The molecule has 0 aromatic heterocycles.